The van der Waals surface area contributed by atoms with E-state index in [1.807, 2.05) is 6.92 Å². The maximum Gasteiger partial charge on any atom is 0.251 e. The van der Waals surface area contributed by atoms with Gasteiger partial charge in [0.15, 0.2) is 0 Å². The highest BCUT2D eigenvalue weighted by Gasteiger charge is 2.29. The van der Waals surface area contributed by atoms with Crippen LogP contribution in [0.1, 0.15) is 43.0 Å². The molecule has 2 amide bonds. The van der Waals surface area contributed by atoms with Gasteiger partial charge in [-0.2, -0.15) is 0 Å². The van der Waals surface area contributed by atoms with Crippen LogP contribution in [-0.2, 0) is 4.79 Å². The van der Waals surface area contributed by atoms with E-state index < -0.39 is 0 Å². The minimum absolute atomic E-state index is 0.0546. The van der Waals surface area contributed by atoms with Crippen molar-refractivity contribution in [1.82, 2.24) is 5.32 Å². The normalized spacial score (nSPS) is 15.3. The molecule has 21 heavy (non-hydrogen) atoms. The second-order valence-electron chi connectivity index (χ2n) is 5.59. The molecule has 1 aromatic rings. The third-order valence-electron chi connectivity index (χ3n) is 3.59. The summed E-state index contributed by atoms with van der Waals surface area (Å²) in [5, 5.41) is 5.62. The van der Waals surface area contributed by atoms with Crippen molar-refractivity contribution in [2.75, 3.05) is 11.9 Å². The molecule has 1 saturated carbocycles. The van der Waals surface area contributed by atoms with Gasteiger partial charge in [0.1, 0.15) is 0 Å². The van der Waals surface area contributed by atoms with E-state index in [0.717, 1.165) is 19.3 Å². The molecule has 1 aliphatic rings. The molecule has 0 aromatic heterocycles. The van der Waals surface area contributed by atoms with Crippen LogP contribution in [-0.4, -0.2) is 24.4 Å². The number of benzene rings is 1. The Morgan fingerprint density at radius 1 is 1.38 bits per heavy atom. The molecule has 1 aliphatic carbocycles. The minimum atomic E-state index is -0.123. The maximum atomic E-state index is 11.9. The van der Waals surface area contributed by atoms with E-state index >= 15 is 0 Å². The molecule has 1 unspecified atom stereocenters. The Morgan fingerprint density at radius 2 is 2.14 bits per heavy atom. The van der Waals surface area contributed by atoms with E-state index in [-0.39, 0.29) is 17.9 Å². The van der Waals surface area contributed by atoms with Crippen LogP contribution in [0.2, 0.25) is 0 Å². The smallest absolute Gasteiger partial charge is 0.251 e. The molecule has 5 heteroatoms. The summed E-state index contributed by atoms with van der Waals surface area (Å²) >= 11 is 0. The summed E-state index contributed by atoms with van der Waals surface area (Å²) in [7, 11) is 0. The summed E-state index contributed by atoms with van der Waals surface area (Å²) in [6.07, 6.45) is 3.47. The van der Waals surface area contributed by atoms with Crippen molar-refractivity contribution < 1.29 is 9.59 Å². The zero-order chi connectivity index (χ0) is 15.2. The van der Waals surface area contributed by atoms with Gasteiger partial charge in [0, 0.05) is 30.3 Å². The number of carbonyl (C=O) groups excluding carboxylic acids is 2. The zero-order valence-corrected chi connectivity index (χ0v) is 12.4. The van der Waals surface area contributed by atoms with E-state index in [1.54, 1.807) is 24.3 Å². The fourth-order valence-electron chi connectivity index (χ4n) is 2.20. The Bertz CT molecular complexity index is 512. The lowest BCUT2D eigenvalue weighted by Gasteiger charge is -2.11. The number of amides is 2. The first-order chi connectivity index (χ1) is 10.1. The van der Waals surface area contributed by atoms with E-state index in [9.17, 15) is 9.59 Å². The van der Waals surface area contributed by atoms with Gasteiger partial charge in [-0.3, -0.25) is 9.59 Å². The molecule has 0 bridgehead atoms. The fourth-order valence-corrected chi connectivity index (χ4v) is 2.20. The monoisotopic (exact) mass is 289 g/mol. The second-order valence-corrected chi connectivity index (χ2v) is 5.59. The molecule has 4 N–H and O–H groups in total. The molecule has 0 saturated heterocycles. The molecule has 5 nitrogen and oxygen atoms in total. The first kappa shape index (κ1) is 15.5. The number of nitrogens with two attached hydrogens (primary N) is 1. The standard InChI is InChI=1S/C16H23N3O2/c1-2-8-18-16(21)12-4-3-5-13(9-12)19-15(20)10-14(17)11-6-7-11/h3-5,9,11,14H,2,6-8,10,17H2,1H3,(H,18,21)(H,19,20). The Labute approximate surface area is 125 Å². The third kappa shape index (κ3) is 4.86. The number of hydrogen-bond donors (Lipinski definition) is 3. The highest BCUT2D eigenvalue weighted by molar-refractivity contribution is 5.97. The summed E-state index contributed by atoms with van der Waals surface area (Å²) in [5.74, 6) is 0.282. The lowest BCUT2D eigenvalue weighted by atomic mass is 10.1. The molecule has 0 radical (unpaired) electrons. The first-order valence-corrected chi connectivity index (χ1v) is 7.54. The van der Waals surface area contributed by atoms with Crippen molar-refractivity contribution >= 4 is 17.5 Å². The molecule has 0 aliphatic heterocycles. The topological polar surface area (TPSA) is 84.2 Å². The summed E-state index contributed by atoms with van der Waals surface area (Å²) in [5.41, 5.74) is 7.12. The van der Waals surface area contributed by atoms with Gasteiger partial charge < -0.3 is 16.4 Å². The van der Waals surface area contributed by atoms with Crippen molar-refractivity contribution in [3.8, 4) is 0 Å². The van der Waals surface area contributed by atoms with E-state index in [1.165, 1.54) is 0 Å². The van der Waals surface area contributed by atoms with Crippen LogP contribution >= 0.6 is 0 Å². The lowest BCUT2D eigenvalue weighted by Crippen LogP contribution is -2.29. The Balaban J connectivity index is 1.90. The maximum absolute atomic E-state index is 11.9. The van der Waals surface area contributed by atoms with Gasteiger partial charge in [0.05, 0.1) is 0 Å². The Morgan fingerprint density at radius 3 is 2.81 bits per heavy atom. The van der Waals surface area contributed by atoms with Crippen molar-refractivity contribution in [2.45, 2.75) is 38.6 Å². The van der Waals surface area contributed by atoms with Crippen molar-refractivity contribution in [2.24, 2.45) is 11.7 Å². The number of carbonyl (C=O) groups is 2. The third-order valence-corrected chi connectivity index (χ3v) is 3.59. The van der Waals surface area contributed by atoms with E-state index in [2.05, 4.69) is 10.6 Å². The summed E-state index contributed by atoms with van der Waals surface area (Å²) < 4.78 is 0. The van der Waals surface area contributed by atoms with Gasteiger partial charge in [0.2, 0.25) is 5.91 Å². The van der Waals surface area contributed by atoms with Crippen LogP contribution < -0.4 is 16.4 Å². The minimum Gasteiger partial charge on any atom is -0.352 e. The molecular formula is C16H23N3O2. The highest BCUT2D eigenvalue weighted by atomic mass is 16.2. The quantitative estimate of drug-likeness (QED) is 0.716. The predicted molar refractivity (Wildman–Crippen MR) is 83.0 cm³/mol. The molecule has 1 fully saturated rings. The number of rotatable bonds is 7. The fraction of sp³-hybridized carbons (Fsp3) is 0.500. The summed E-state index contributed by atoms with van der Waals surface area (Å²) in [6, 6.07) is 6.90. The van der Waals surface area contributed by atoms with E-state index in [4.69, 9.17) is 5.73 Å². The van der Waals surface area contributed by atoms with Gasteiger partial charge in [-0.1, -0.05) is 13.0 Å². The summed E-state index contributed by atoms with van der Waals surface area (Å²) in [6.45, 7) is 2.64. The molecule has 0 heterocycles. The van der Waals surface area contributed by atoms with Crippen LogP contribution in [0.25, 0.3) is 0 Å². The van der Waals surface area contributed by atoms with Crippen LogP contribution in [0.4, 0.5) is 5.69 Å². The molecule has 0 spiro atoms. The van der Waals surface area contributed by atoms with Gasteiger partial charge in [0.25, 0.3) is 5.91 Å². The summed E-state index contributed by atoms with van der Waals surface area (Å²) in [4.78, 5) is 23.8. The van der Waals surface area contributed by atoms with Gasteiger partial charge >= 0.3 is 0 Å². The zero-order valence-electron chi connectivity index (χ0n) is 12.4. The number of nitrogens with one attached hydrogen (secondary N) is 2. The number of anilines is 1. The number of hydrogen-bond acceptors (Lipinski definition) is 3. The largest absolute Gasteiger partial charge is 0.352 e. The SMILES string of the molecule is CCCNC(=O)c1cccc(NC(=O)CC(N)C2CC2)c1. The van der Waals surface area contributed by atoms with Gasteiger partial charge in [-0.05, 0) is 43.4 Å². The average molecular weight is 289 g/mol. The highest BCUT2D eigenvalue weighted by Crippen LogP contribution is 2.32. The molecule has 1 atom stereocenters. The van der Waals surface area contributed by atoms with E-state index in [0.29, 0.717) is 30.1 Å². The molecule has 114 valence electrons. The predicted octanol–water partition coefficient (Wildman–Crippen LogP) is 1.89. The molecular weight excluding hydrogens is 266 g/mol. The van der Waals surface area contributed by atoms with Crippen LogP contribution in [0, 0.1) is 5.92 Å². The van der Waals surface area contributed by atoms with Crippen molar-refractivity contribution in [3.63, 3.8) is 0 Å². The van der Waals surface area contributed by atoms with Crippen molar-refractivity contribution in [1.29, 1.82) is 0 Å². The Kier molecular flexibility index (Phi) is 5.33. The lowest BCUT2D eigenvalue weighted by molar-refractivity contribution is -0.116. The van der Waals surface area contributed by atoms with Crippen LogP contribution in [0.5, 0.6) is 0 Å². The van der Waals surface area contributed by atoms with Gasteiger partial charge in [-0.15, -0.1) is 0 Å². The van der Waals surface area contributed by atoms with Crippen molar-refractivity contribution in [3.05, 3.63) is 29.8 Å². The molecule has 1 aromatic carbocycles. The second kappa shape index (κ2) is 7.22. The first-order valence-electron chi connectivity index (χ1n) is 7.54. The molecule has 2 rings (SSSR count). The van der Waals surface area contributed by atoms with Crippen LogP contribution in [0.3, 0.4) is 0 Å². The van der Waals surface area contributed by atoms with Crippen LogP contribution in [0.15, 0.2) is 24.3 Å². The average Bonchev–Trinajstić information content (AvgIpc) is 3.29. The Hall–Kier alpha value is -1.88. The van der Waals surface area contributed by atoms with Gasteiger partial charge in [-0.25, -0.2) is 0 Å².